The van der Waals surface area contributed by atoms with E-state index in [4.69, 9.17) is 5.73 Å². The number of thiophene rings is 1. The summed E-state index contributed by atoms with van der Waals surface area (Å²) in [6, 6.07) is 3.86. The summed E-state index contributed by atoms with van der Waals surface area (Å²) >= 11 is 1.65. The van der Waals surface area contributed by atoms with Gasteiger partial charge in [0.05, 0.1) is 13.5 Å². The topological polar surface area (TPSA) is 52.3 Å². The fourth-order valence-electron chi connectivity index (χ4n) is 1.06. The number of carbonyl (C=O) groups is 1. The average Bonchev–Trinajstić information content (AvgIpc) is 2.56. The van der Waals surface area contributed by atoms with Crippen LogP contribution in [-0.2, 0) is 16.0 Å². The third kappa shape index (κ3) is 3.57. The Morgan fingerprint density at radius 1 is 1.77 bits per heavy atom. The molecule has 0 aliphatic heterocycles. The molecular weight excluding hydrogens is 186 g/mol. The molecular formula is C9H13NO2S. The molecule has 1 atom stereocenters. The molecule has 0 aromatic carbocycles. The standard InChI is InChI=1S/C9H13NO2S/c1-12-9(11)6-7(10)5-8-3-2-4-13-8/h2-4,7H,5-6,10H2,1H3. The van der Waals surface area contributed by atoms with Gasteiger partial charge in [-0.15, -0.1) is 11.3 Å². The van der Waals surface area contributed by atoms with Crippen LogP contribution in [0.25, 0.3) is 0 Å². The molecule has 0 radical (unpaired) electrons. The number of hydrogen-bond donors (Lipinski definition) is 1. The minimum Gasteiger partial charge on any atom is -0.469 e. The van der Waals surface area contributed by atoms with Gasteiger partial charge in [0.25, 0.3) is 0 Å². The van der Waals surface area contributed by atoms with Crippen molar-refractivity contribution in [3.8, 4) is 0 Å². The molecule has 0 bridgehead atoms. The first-order valence-electron chi connectivity index (χ1n) is 4.07. The first-order chi connectivity index (χ1) is 6.22. The van der Waals surface area contributed by atoms with Gasteiger partial charge in [0.15, 0.2) is 0 Å². The molecule has 0 spiro atoms. The molecule has 0 saturated heterocycles. The van der Waals surface area contributed by atoms with E-state index in [-0.39, 0.29) is 18.4 Å². The number of rotatable bonds is 4. The highest BCUT2D eigenvalue weighted by Crippen LogP contribution is 2.11. The fourth-order valence-corrected chi connectivity index (χ4v) is 1.86. The summed E-state index contributed by atoms with van der Waals surface area (Å²) in [7, 11) is 1.38. The van der Waals surface area contributed by atoms with E-state index in [1.165, 1.54) is 12.0 Å². The zero-order valence-corrected chi connectivity index (χ0v) is 8.34. The van der Waals surface area contributed by atoms with Crippen molar-refractivity contribution < 1.29 is 9.53 Å². The van der Waals surface area contributed by atoms with E-state index in [0.29, 0.717) is 0 Å². The number of ether oxygens (including phenoxy) is 1. The minimum atomic E-state index is -0.246. The van der Waals surface area contributed by atoms with Gasteiger partial charge in [-0.1, -0.05) is 6.07 Å². The van der Waals surface area contributed by atoms with Crippen LogP contribution in [0, 0.1) is 0 Å². The Kier molecular flexibility index (Phi) is 3.92. The maximum atomic E-state index is 10.9. The first kappa shape index (κ1) is 10.2. The summed E-state index contributed by atoms with van der Waals surface area (Å²) in [6.45, 7) is 0. The molecule has 1 aromatic rings. The number of methoxy groups -OCH3 is 1. The van der Waals surface area contributed by atoms with Gasteiger partial charge in [-0.2, -0.15) is 0 Å². The van der Waals surface area contributed by atoms with Gasteiger partial charge in [0, 0.05) is 10.9 Å². The lowest BCUT2D eigenvalue weighted by molar-refractivity contribution is -0.140. The van der Waals surface area contributed by atoms with E-state index in [2.05, 4.69) is 4.74 Å². The van der Waals surface area contributed by atoms with E-state index in [9.17, 15) is 4.79 Å². The van der Waals surface area contributed by atoms with Crippen LogP contribution in [0.3, 0.4) is 0 Å². The molecule has 2 N–H and O–H groups in total. The van der Waals surface area contributed by atoms with Gasteiger partial charge >= 0.3 is 5.97 Å². The maximum absolute atomic E-state index is 10.9. The second-order valence-corrected chi connectivity index (χ2v) is 3.86. The van der Waals surface area contributed by atoms with Crippen LogP contribution in [0.4, 0.5) is 0 Å². The van der Waals surface area contributed by atoms with Crippen LogP contribution in [0.15, 0.2) is 17.5 Å². The van der Waals surface area contributed by atoms with Crippen LogP contribution < -0.4 is 5.73 Å². The van der Waals surface area contributed by atoms with Crippen LogP contribution in [0.1, 0.15) is 11.3 Å². The molecule has 1 rings (SSSR count). The van der Waals surface area contributed by atoms with Crippen molar-refractivity contribution in [2.24, 2.45) is 5.73 Å². The Balaban J connectivity index is 2.33. The number of nitrogens with two attached hydrogens (primary N) is 1. The van der Waals surface area contributed by atoms with Crippen molar-refractivity contribution in [3.05, 3.63) is 22.4 Å². The van der Waals surface area contributed by atoms with Crippen LogP contribution >= 0.6 is 11.3 Å². The van der Waals surface area contributed by atoms with E-state index >= 15 is 0 Å². The van der Waals surface area contributed by atoms with E-state index in [1.807, 2.05) is 17.5 Å². The molecule has 0 amide bonds. The summed E-state index contributed by atoms with van der Waals surface area (Å²) < 4.78 is 4.52. The van der Waals surface area contributed by atoms with Crippen molar-refractivity contribution in [1.82, 2.24) is 0 Å². The molecule has 1 unspecified atom stereocenters. The molecule has 0 aliphatic rings. The quantitative estimate of drug-likeness (QED) is 0.741. The van der Waals surface area contributed by atoms with Gasteiger partial charge in [-0.25, -0.2) is 0 Å². The van der Waals surface area contributed by atoms with E-state index in [0.717, 1.165) is 6.42 Å². The fraction of sp³-hybridized carbons (Fsp3) is 0.444. The summed E-state index contributed by atoms with van der Waals surface area (Å²) in [5.74, 6) is -0.246. The number of hydrogen-bond acceptors (Lipinski definition) is 4. The Morgan fingerprint density at radius 2 is 2.54 bits per heavy atom. The Labute approximate surface area is 81.5 Å². The zero-order valence-electron chi connectivity index (χ0n) is 7.53. The van der Waals surface area contributed by atoms with Gasteiger partial charge in [-0.3, -0.25) is 4.79 Å². The maximum Gasteiger partial charge on any atom is 0.307 e. The number of esters is 1. The predicted octanol–water partition coefficient (Wildman–Crippen LogP) is 1.18. The van der Waals surface area contributed by atoms with Crippen LogP contribution in [0.5, 0.6) is 0 Å². The predicted molar refractivity (Wildman–Crippen MR) is 52.6 cm³/mol. The summed E-state index contributed by atoms with van der Waals surface area (Å²) in [6.07, 6.45) is 1.03. The second-order valence-electron chi connectivity index (χ2n) is 2.82. The molecule has 13 heavy (non-hydrogen) atoms. The van der Waals surface area contributed by atoms with Gasteiger partial charge < -0.3 is 10.5 Å². The molecule has 0 aliphatic carbocycles. The van der Waals surface area contributed by atoms with E-state index < -0.39 is 0 Å². The van der Waals surface area contributed by atoms with Crippen molar-refractivity contribution in [2.75, 3.05) is 7.11 Å². The Bertz CT molecular complexity index is 259. The lowest BCUT2D eigenvalue weighted by Crippen LogP contribution is -2.26. The normalized spacial score (nSPS) is 12.5. The third-order valence-corrected chi connectivity index (χ3v) is 2.60. The monoisotopic (exact) mass is 199 g/mol. The van der Waals surface area contributed by atoms with Crippen molar-refractivity contribution in [2.45, 2.75) is 18.9 Å². The lowest BCUT2D eigenvalue weighted by Gasteiger charge is -2.07. The van der Waals surface area contributed by atoms with Crippen molar-refractivity contribution in [3.63, 3.8) is 0 Å². The molecule has 3 nitrogen and oxygen atoms in total. The molecule has 4 heteroatoms. The van der Waals surface area contributed by atoms with E-state index in [1.54, 1.807) is 11.3 Å². The van der Waals surface area contributed by atoms with Crippen LogP contribution in [0.2, 0.25) is 0 Å². The smallest absolute Gasteiger partial charge is 0.307 e. The highest BCUT2D eigenvalue weighted by atomic mass is 32.1. The molecule has 1 aromatic heterocycles. The summed E-state index contributed by atoms with van der Waals surface area (Å²) in [5.41, 5.74) is 5.75. The van der Waals surface area contributed by atoms with Gasteiger partial charge in [0.1, 0.15) is 0 Å². The molecule has 0 saturated carbocycles. The highest BCUT2D eigenvalue weighted by molar-refractivity contribution is 7.09. The molecule has 0 fully saturated rings. The lowest BCUT2D eigenvalue weighted by atomic mass is 10.1. The second kappa shape index (κ2) is 4.99. The van der Waals surface area contributed by atoms with Crippen molar-refractivity contribution >= 4 is 17.3 Å². The number of carbonyl (C=O) groups excluding carboxylic acids is 1. The van der Waals surface area contributed by atoms with Gasteiger partial charge in [-0.05, 0) is 17.9 Å². The molecule has 1 heterocycles. The summed E-state index contributed by atoms with van der Waals surface area (Å²) in [4.78, 5) is 12.1. The van der Waals surface area contributed by atoms with Gasteiger partial charge in [0.2, 0.25) is 0 Å². The minimum absolute atomic E-state index is 0.133. The SMILES string of the molecule is COC(=O)CC(N)Cc1cccs1. The largest absolute Gasteiger partial charge is 0.469 e. The van der Waals surface area contributed by atoms with Crippen molar-refractivity contribution in [1.29, 1.82) is 0 Å². The van der Waals surface area contributed by atoms with Crippen LogP contribution in [-0.4, -0.2) is 19.1 Å². The third-order valence-electron chi connectivity index (χ3n) is 1.70. The average molecular weight is 199 g/mol. The summed E-state index contributed by atoms with van der Waals surface area (Å²) in [5, 5.41) is 2.00. The first-order valence-corrected chi connectivity index (χ1v) is 4.95. The zero-order chi connectivity index (χ0) is 9.68. The Hall–Kier alpha value is -0.870. The molecule has 72 valence electrons. The Morgan fingerprint density at radius 3 is 3.08 bits per heavy atom. The highest BCUT2D eigenvalue weighted by Gasteiger charge is 2.10.